The van der Waals surface area contributed by atoms with Crippen LogP contribution < -0.4 is 5.73 Å². The normalized spacial score (nSPS) is 13.0. The van der Waals surface area contributed by atoms with E-state index in [1.54, 1.807) is 0 Å². The molecule has 5 heteroatoms. The van der Waals surface area contributed by atoms with E-state index in [0.29, 0.717) is 27.9 Å². The van der Waals surface area contributed by atoms with Crippen LogP contribution in [-0.4, -0.2) is 57.0 Å². The minimum Gasteiger partial charge on any atom is -0.358 e. The summed E-state index contributed by atoms with van der Waals surface area (Å²) in [6, 6.07) is 0. The van der Waals surface area contributed by atoms with Crippen molar-refractivity contribution in [3.05, 3.63) is 0 Å². The molecule has 0 rings (SSSR count). The molecule has 4 nitrogen and oxygen atoms in total. The van der Waals surface area contributed by atoms with Crippen LogP contribution in [0.5, 0.6) is 0 Å². The molecule has 0 aromatic rings. The highest BCUT2D eigenvalue weighted by Crippen LogP contribution is 2.22. The Morgan fingerprint density at radius 1 is 1.25 bits per heavy atom. The van der Waals surface area contributed by atoms with Gasteiger partial charge >= 0.3 is 0 Å². The molecule has 74 valence electrons. The molecule has 0 spiro atoms. The Labute approximate surface area is 76.9 Å². The van der Waals surface area contributed by atoms with Crippen LogP contribution in [0, 0.1) is 0 Å². The first-order chi connectivity index (χ1) is 5.59. The third kappa shape index (κ3) is 5.01. The van der Waals surface area contributed by atoms with Gasteiger partial charge in [-0.2, -0.15) is 0 Å². The molecule has 0 aromatic heterocycles. The molecule has 0 amide bonds. The largest absolute Gasteiger partial charge is 0.358 e. The summed E-state index contributed by atoms with van der Waals surface area (Å²) in [7, 11) is 8.64. The molecule has 0 saturated heterocycles. The van der Waals surface area contributed by atoms with Crippen LogP contribution in [-0.2, 0) is 4.52 Å². The van der Waals surface area contributed by atoms with Crippen LogP contribution in [0.3, 0.4) is 0 Å². The standard InChI is InChI=1S/C7H20N3OP/c1-9(2)7(10(3)4)12-11-6-5-8/h7,12H,5-6,8H2,1-4H3. The highest BCUT2D eigenvalue weighted by molar-refractivity contribution is 7.33. The average Bonchev–Trinajstić information content (AvgIpc) is 1.96. The Bertz CT molecular complexity index is 103. The van der Waals surface area contributed by atoms with E-state index in [9.17, 15) is 0 Å². The van der Waals surface area contributed by atoms with E-state index in [1.165, 1.54) is 0 Å². The monoisotopic (exact) mass is 193 g/mol. The van der Waals surface area contributed by atoms with Crippen molar-refractivity contribution in [1.82, 2.24) is 9.80 Å². The van der Waals surface area contributed by atoms with Crippen LogP contribution in [0.4, 0.5) is 0 Å². The molecule has 1 atom stereocenters. The van der Waals surface area contributed by atoms with E-state index in [1.807, 2.05) is 28.2 Å². The topological polar surface area (TPSA) is 41.7 Å². The molecule has 0 fully saturated rings. The lowest BCUT2D eigenvalue weighted by Crippen LogP contribution is -2.37. The van der Waals surface area contributed by atoms with Crippen LogP contribution in [0.15, 0.2) is 0 Å². The summed E-state index contributed by atoms with van der Waals surface area (Å²) in [6.45, 7) is 1.25. The van der Waals surface area contributed by atoms with Crippen LogP contribution in [0.25, 0.3) is 0 Å². The summed E-state index contributed by atoms with van der Waals surface area (Å²) in [6.07, 6.45) is 0. The van der Waals surface area contributed by atoms with Crippen molar-refractivity contribution in [2.75, 3.05) is 41.3 Å². The van der Waals surface area contributed by atoms with Gasteiger partial charge in [0.1, 0.15) is 5.91 Å². The van der Waals surface area contributed by atoms with Crippen molar-refractivity contribution in [2.45, 2.75) is 5.91 Å². The summed E-state index contributed by atoms with van der Waals surface area (Å²) in [5, 5.41) is 0. The Morgan fingerprint density at radius 2 is 1.75 bits per heavy atom. The first kappa shape index (κ1) is 12.3. The molecule has 0 heterocycles. The zero-order valence-corrected chi connectivity index (χ0v) is 9.37. The minimum atomic E-state index is 0.358. The van der Waals surface area contributed by atoms with Crippen LogP contribution in [0.1, 0.15) is 0 Å². The van der Waals surface area contributed by atoms with Gasteiger partial charge in [-0.3, -0.25) is 9.80 Å². The second-order valence-electron chi connectivity index (χ2n) is 3.06. The van der Waals surface area contributed by atoms with Gasteiger partial charge < -0.3 is 10.3 Å². The van der Waals surface area contributed by atoms with Crippen molar-refractivity contribution < 1.29 is 4.52 Å². The summed E-state index contributed by atoms with van der Waals surface area (Å²) in [5.41, 5.74) is 5.32. The van der Waals surface area contributed by atoms with E-state index in [2.05, 4.69) is 9.80 Å². The molecule has 0 bridgehead atoms. The summed E-state index contributed by atoms with van der Waals surface area (Å²) in [4.78, 5) is 4.27. The van der Waals surface area contributed by atoms with Crippen molar-refractivity contribution >= 4 is 8.81 Å². The van der Waals surface area contributed by atoms with Gasteiger partial charge in [0.25, 0.3) is 0 Å². The molecule has 0 saturated carbocycles. The lowest BCUT2D eigenvalue weighted by Gasteiger charge is -2.29. The molecule has 1 unspecified atom stereocenters. The number of hydrogen-bond acceptors (Lipinski definition) is 4. The Morgan fingerprint density at radius 3 is 2.08 bits per heavy atom. The van der Waals surface area contributed by atoms with Crippen molar-refractivity contribution in [2.24, 2.45) is 5.73 Å². The number of nitrogens with zero attached hydrogens (tertiary/aromatic N) is 2. The first-order valence-corrected chi connectivity index (χ1v) is 4.98. The number of rotatable bonds is 6. The van der Waals surface area contributed by atoms with E-state index < -0.39 is 0 Å². The van der Waals surface area contributed by atoms with Crippen LogP contribution in [0.2, 0.25) is 0 Å². The molecule has 0 aliphatic heterocycles. The number of nitrogens with two attached hydrogens (primary N) is 1. The maximum absolute atomic E-state index is 5.39. The predicted molar refractivity (Wildman–Crippen MR) is 54.5 cm³/mol. The predicted octanol–water partition coefficient (Wildman–Crippen LogP) is -0.0380. The van der Waals surface area contributed by atoms with E-state index >= 15 is 0 Å². The molecule has 0 aliphatic carbocycles. The van der Waals surface area contributed by atoms with Gasteiger partial charge in [0.05, 0.1) is 6.61 Å². The van der Waals surface area contributed by atoms with Gasteiger partial charge in [-0.15, -0.1) is 0 Å². The first-order valence-electron chi connectivity index (χ1n) is 3.99. The molecular weight excluding hydrogens is 173 g/mol. The minimum absolute atomic E-state index is 0.358. The fraction of sp³-hybridized carbons (Fsp3) is 1.00. The summed E-state index contributed by atoms with van der Waals surface area (Å²) in [5.74, 6) is 0.358. The second kappa shape index (κ2) is 6.75. The van der Waals surface area contributed by atoms with Gasteiger partial charge in [0.15, 0.2) is 0 Å². The van der Waals surface area contributed by atoms with Gasteiger partial charge in [-0.25, -0.2) is 0 Å². The van der Waals surface area contributed by atoms with E-state index in [-0.39, 0.29) is 0 Å². The van der Waals surface area contributed by atoms with Crippen molar-refractivity contribution in [3.8, 4) is 0 Å². The Kier molecular flexibility index (Phi) is 6.90. The quantitative estimate of drug-likeness (QED) is 0.365. The molecule has 0 aliphatic rings. The molecular formula is C7H20N3OP. The van der Waals surface area contributed by atoms with Gasteiger partial charge in [0.2, 0.25) is 0 Å². The summed E-state index contributed by atoms with van der Waals surface area (Å²) >= 11 is 0. The Hall–Kier alpha value is 0.270. The fourth-order valence-corrected chi connectivity index (χ4v) is 1.67. The molecule has 0 aromatic carbocycles. The maximum Gasteiger partial charge on any atom is 0.104 e. The third-order valence-corrected chi connectivity index (χ3v) is 3.00. The smallest absolute Gasteiger partial charge is 0.104 e. The highest BCUT2D eigenvalue weighted by atomic mass is 31.1. The zero-order chi connectivity index (χ0) is 9.56. The zero-order valence-electron chi connectivity index (χ0n) is 8.37. The SMILES string of the molecule is CN(C)C(POCCN)N(C)C. The second-order valence-corrected chi connectivity index (χ2v) is 4.10. The molecule has 2 N–H and O–H groups in total. The lowest BCUT2D eigenvalue weighted by molar-refractivity contribution is 0.193. The highest BCUT2D eigenvalue weighted by Gasteiger charge is 2.13. The van der Waals surface area contributed by atoms with Crippen LogP contribution >= 0.6 is 8.81 Å². The maximum atomic E-state index is 5.39. The van der Waals surface area contributed by atoms with Crippen molar-refractivity contribution in [3.63, 3.8) is 0 Å². The summed E-state index contributed by atoms with van der Waals surface area (Å²) < 4.78 is 5.39. The van der Waals surface area contributed by atoms with Gasteiger partial charge in [-0.05, 0) is 28.2 Å². The van der Waals surface area contributed by atoms with Gasteiger partial charge in [-0.1, -0.05) is 0 Å². The Balaban J connectivity index is 3.64. The molecule has 12 heavy (non-hydrogen) atoms. The van der Waals surface area contributed by atoms with Crippen molar-refractivity contribution in [1.29, 1.82) is 0 Å². The molecule has 0 radical (unpaired) electrons. The lowest BCUT2D eigenvalue weighted by atomic mass is 10.8. The van der Waals surface area contributed by atoms with E-state index in [0.717, 1.165) is 0 Å². The van der Waals surface area contributed by atoms with Gasteiger partial charge in [0, 0.05) is 15.4 Å². The third-order valence-electron chi connectivity index (χ3n) is 1.39. The fourth-order valence-electron chi connectivity index (χ4n) is 0.865. The average molecular weight is 193 g/mol. The number of hydrogen-bond donors (Lipinski definition) is 1. The van der Waals surface area contributed by atoms with E-state index in [4.69, 9.17) is 10.3 Å².